The number of hydrogen-bond acceptors (Lipinski definition) is 5. The van der Waals surface area contributed by atoms with Crippen LogP contribution in [0.1, 0.15) is 33.1 Å². The zero-order valence-electron chi connectivity index (χ0n) is 30.5. The van der Waals surface area contributed by atoms with Crippen molar-refractivity contribution < 1.29 is 9.72 Å². The van der Waals surface area contributed by atoms with Crippen molar-refractivity contribution in [3.8, 4) is 44.5 Å². The molecule has 9 rings (SSSR count). The van der Waals surface area contributed by atoms with E-state index in [-0.39, 0.29) is 11.3 Å². The molecule has 0 saturated heterocycles. The summed E-state index contributed by atoms with van der Waals surface area (Å²) >= 11 is 0. The lowest BCUT2D eigenvalue weighted by molar-refractivity contribution is -0.385. The van der Waals surface area contributed by atoms with Gasteiger partial charge in [-0.2, -0.15) is 0 Å². The van der Waals surface area contributed by atoms with Gasteiger partial charge < -0.3 is 14.9 Å². The summed E-state index contributed by atoms with van der Waals surface area (Å²) in [6, 6.07) is 43.4. The molecule has 3 aromatic heterocycles. The van der Waals surface area contributed by atoms with Gasteiger partial charge in [0.25, 0.3) is 11.6 Å². The molecule has 8 bridgehead atoms. The van der Waals surface area contributed by atoms with E-state index in [1.54, 1.807) is 26.2 Å². The van der Waals surface area contributed by atoms with Crippen molar-refractivity contribution in [3.05, 3.63) is 172 Å². The minimum absolute atomic E-state index is 0.0123. The Morgan fingerprint density at radius 1 is 0.518 bits per heavy atom. The van der Waals surface area contributed by atoms with E-state index in [2.05, 4.69) is 70.7 Å². The van der Waals surface area contributed by atoms with Crippen LogP contribution in [0.5, 0.6) is 0 Å². The number of fused-ring (bicyclic) bond motifs is 8. The molecule has 1 amide bonds. The molecule has 0 fully saturated rings. The Bertz CT molecular complexity index is 2890. The van der Waals surface area contributed by atoms with Crippen molar-refractivity contribution in [2.45, 2.75) is 0 Å². The summed E-state index contributed by atoms with van der Waals surface area (Å²) in [6.07, 6.45) is 8.06. The molecular weight excluding hydrogens is 697 g/mol. The van der Waals surface area contributed by atoms with E-state index in [0.717, 1.165) is 67.0 Å². The van der Waals surface area contributed by atoms with Crippen molar-refractivity contribution in [2.75, 3.05) is 14.1 Å². The van der Waals surface area contributed by atoms with E-state index < -0.39 is 10.8 Å². The van der Waals surface area contributed by atoms with Crippen LogP contribution in [0.3, 0.4) is 0 Å². The number of nitro groups is 1. The highest BCUT2D eigenvalue weighted by molar-refractivity contribution is 6.02. The van der Waals surface area contributed by atoms with Crippen LogP contribution in [-0.4, -0.2) is 49.8 Å². The monoisotopic (exact) mass is 730 g/mol. The highest BCUT2D eigenvalue weighted by Gasteiger charge is 2.24. The van der Waals surface area contributed by atoms with Gasteiger partial charge >= 0.3 is 0 Å². The van der Waals surface area contributed by atoms with Gasteiger partial charge in [-0.3, -0.25) is 14.9 Å². The Labute approximate surface area is 322 Å². The average Bonchev–Trinajstić information content (AvgIpc) is 4.07. The van der Waals surface area contributed by atoms with Crippen LogP contribution in [0.4, 0.5) is 5.69 Å². The summed E-state index contributed by atoms with van der Waals surface area (Å²) in [6.45, 7) is 0. The molecule has 0 saturated carbocycles. The molecule has 2 aliphatic heterocycles. The number of H-pyrrole nitrogens is 2. The number of amides is 1. The summed E-state index contributed by atoms with van der Waals surface area (Å²) in [5, 5.41) is 12.1. The zero-order valence-corrected chi connectivity index (χ0v) is 30.5. The molecule has 270 valence electrons. The fourth-order valence-electron chi connectivity index (χ4n) is 7.50. The maximum Gasteiger partial charge on any atom is 0.282 e. The Morgan fingerprint density at radius 2 is 0.875 bits per heavy atom. The van der Waals surface area contributed by atoms with E-state index in [1.165, 1.54) is 11.0 Å². The Morgan fingerprint density at radius 3 is 1.21 bits per heavy atom. The van der Waals surface area contributed by atoms with Crippen molar-refractivity contribution in [1.29, 1.82) is 0 Å². The van der Waals surface area contributed by atoms with Gasteiger partial charge in [0.15, 0.2) is 0 Å². The summed E-state index contributed by atoms with van der Waals surface area (Å²) in [4.78, 5) is 44.4. The first-order valence-electron chi connectivity index (χ1n) is 18.2. The number of nitrogens with zero attached hydrogens (tertiary/aromatic N) is 4. The van der Waals surface area contributed by atoms with Crippen LogP contribution in [0.15, 0.2) is 133 Å². The molecule has 9 nitrogen and oxygen atoms in total. The lowest BCUT2D eigenvalue weighted by Gasteiger charge is -2.12. The number of hydrogen-bond donors (Lipinski definition) is 2. The maximum atomic E-state index is 13.4. The number of nitro benzene ring substituents is 1. The Balaban J connectivity index is 1.46. The van der Waals surface area contributed by atoms with Gasteiger partial charge in [-0.1, -0.05) is 91.0 Å². The fraction of sp³-hybridized carbons (Fsp3) is 0.0426. The molecule has 0 radical (unpaired) electrons. The topological polar surface area (TPSA) is 121 Å². The largest absolute Gasteiger partial charge is 0.354 e. The minimum Gasteiger partial charge on any atom is -0.354 e. The number of rotatable bonds is 6. The second-order valence-electron chi connectivity index (χ2n) is 13.8. The third kappa shape index (κ3) is 6.07. The normalized spacial score (nSPS) is 11.8. The van der Waals surface area contributed by atoms with E-state index in [0.29, 0.717) is 22.3 Å². The highest BCUT2D eigenvalue weighted by atomic mass is 16.6. The van der Waals surface area contributed by atoms with Gasteiger partial charge in [0.2, 0.25) is 0 Å². The lowest BCUT2D eigenvalue weighted by atomic mass is 9.99. The minimum atomic E-state index is -0.523. The third-order valence-corrected chi connectivity index (χ3v) is 10.1. The van der Waals surface area contributed by atoms with E-state index >= 15 is 0 Å². The number of carbonyl (C=O) groups is 1. The van der Waals surface area contributed by atoms with Crippen LogP contribution in [0.2, 0.25) is 0 Å². The molecule has 2 aliphatic rings. The SMILES string of the molecule is CN(C)C(=O)c1cc(-c2c3nc(c(-c4ccccc4)c4ccc([nH]4)c(-c4ccccc4)c4nc(c(-c5ccccc5)c5ccc2[nH]5)C=C4)C=C3)ccc1[N+](=O)[O-]. The van der Waals surface area contributed by atoms with Crippen molar-refractivity contribution >= 4 is 58.0 Å². The van der Waals surface area contributed by atoms with Crippen molar-refractivity contribution in [2.24, 2.45) is 0 Å². The standard InChI is InChI=1S/C47H34N6O3/c1-52(2)47(54)33-28-32(18-27-42(33)53(55)56)46-40-25-23-38(50-40)44(30-14-8-4-9-15-30)36-21-19-34(48-36)43(29-12-6-3-7-13-29)35-20-22-37(49-35)45(31-16-10-5-11-17-31)39-24-26-41(46)51-39/h3-28,48,51H,1-2H3. The predicted octanol–water partition coefficient (Wildman–Crippen LogP) is 10.9. The maximum absolute atomic E-state index is 13.4. The van der Waals surface area contributed by atoms with Crippen LogP contribution in [0, 0.1) is 10.1 Å². The van der Waals surface area contributed by atoms with Crippen LogP contribution >= 0.6 is 0 Å². The van der Waals surface area contributed by atoms with Gasteiger partial charge in [-0.15, -0.1) is 0 Å². The number of aromatic amines is 2. The van der Waals surface area contributed by atoms with Gasteiger partial charge in [0.1, 0.15) is 5.56 Å². The number of benzene rings is 4. The third-order valence-electron chi connectivity index (χ3n) is 10.1. The predicted molar refractivity (Wildman–Crippen MR) is 225 cm³/mol. The summed E-state index contributed by atoms with van der Waals surface area (Å²) in [5.74, 6) is -0.470. The van der Waals surface area contributed by atoms with E-state index in [1.807, 2.05) is 78.9 Å². The average molecular weight is 731 g/mol. The molecule has 2 N–H and O–H groups in total. The molecule has 9 heteroatoms. The smallest absolute Gasteiger partial charge is 0.282 e. The first kappa shape index (κ1) is 34.1. The molecular formula is C47H34N6O3. The highest BCUT2D eigenvalue weighted by Crippen LogP contribution is 2.39. The van der Waals surface area contributed by atoms with Crippen LogP contribution < -0.4 is 0 Å². The lowest BCUT2D eigenvalue weighted by Crippen LogP contribution is -2.22. The summed E-state index contributed by atoms with van der Waals surface area (Å²) < 4.78 is 0. The Hall–Kier alpha value is -7.65. The molecule has 56 heavy (non-hydrogen) atoms. The van der Waals surface area contributed by atoms with Gasteiger partial charge in [0, 0.05) is 64.5 Å². The first-order valence-corrected chi connectivity index (χ1v) is 18.2. The molecule has 0 aliphatic carbocycles. The quantitative estimate of drug-likeness (QED) is 0.130. The number of carbonyl (C=O) groups excluding carboxylic acids is 1. The fourth-order valence-corrected chi connectivity index (χ4v) is 7.50. The van der Waals surface area contributed by atoms with Gasteiger partial charge in [-0.25, -0.2) is 9.97 Å². The Kier molecular flexibility index (Phi) is 8.51. The molecule has 7 aromatic rings. The van der Waals surface area contributed by atoms with Crippen LogP contribution in [-0.2, 0) is 0 Å². The van der Waals surface area contributed by atoms with Crippen molar-refractivity contribution in [1.82, 2.24) is 24.8 Å². The van der Waals surface area contributed by atoms with Crippen LogP contribution in [0.25, 0.3) is 90.9 Å². The molecule has 4 aromatic carbocycles. The second-order valence-corrected chi connectivity index (χ2v) is 13.8. The second kappa shape index (κ2) is 14.0. The van der Waals surface area contributed by atoms with Gasteiger partial charge in [0.05, 0.1) is 27.7 Å². The van der Waals surface area contributed by atoms with E-state index in [9.17, 15) is 14.9 Å². The van der Waals surface area contributed by atoms with E-state index in [4.69, 9.17) is 9.97 Å². The summed E-state index contributed by atoms with van der Waals surface area (Å²) in [5.41, 5.74) is 13.0. The molecule has 5 heterocycles. The molecule has 0 spiro atoms. The number of nitrogens with one attached hydrogen (secondary N) is 2. The van der Waals surface area contributed by atoms with Crippen molar-refractivity contribution in [3.63, 3.8) is 0 Å². The summed E-state index contributed by atoms with van der Waals surface area (Å²) in [7, 11) is 3.16. The van der Waals surface area contributed by atoms with Gasteiger partial charge in [-0.05, 0) is 83.0 Å². The molecule has 0 unspecified atom stereocenters. The zero-order chi connectivity index (χ0) is 38.3. The molecule has 0 atom stereocenters. The first-order chi connectivity index (χ1) is 27.3. The number of aromatic nitrogens is 4.